The fourth-order valence-corrected chi connectivity index (χ4v) is 2.59. The lowest BCUT2D eigenvalue weighted by Crippen LogP contribution is -2.35. The molecule has 0 saturated heterocycles. The van der Waals surface area contributed by atoms with E-state index >= 15 is 0 Å². The van der Waals surface area contributed by atoms with Crippen molar-refractivity contribution in [3.8, 4) is 0 Å². The van der Waals surface area contributed by atoms with Gasteiger partial charge < -0.3 is 10.6 Å². The molecule has 20 heavy (non-hydrogen) atoms. The highest BCUT2D eigenvalue weighted by atomic mass is 32.1. The maximum Gasteiger partial charge on any atom is 0.222 e. The van der Waals surface area contributed by atoms with E-state index in [0.717, 1.165) is 13.0 Å². The maximum atomic E-state index is 12.3. The molecule has 0 aromatic heterocycles. The molecule has 0 aliphatic heterocycles. The Morgan fingerprint density at radius 3 is 2.70 bits per heavy atom. The number of rotatable bonds is 8. The van der Waals surface area contributed by atoms with Gasteiger partial charge in [0.2, 0.25) is 5.91 Å². The molecule has 1 amide bonds. The van der Waals surface area contributed by atoms with Gasteiger partial charge in [0.1, 0.15) is 0 Å². The van der Waals surface area contributed by atoms with Crippen molar-refractivity contribution < 1.29 is 4.79 Å². The highest BCUT2D eigenvalue weighted by molar-refractivity contribution is 7.80. The quantitative estimate of drug-likeness (QED) is 0.551. The molecule has 4 heteroatoms. The van der Waals surface area contributed by atoms with Gasteiger partial charge in [-0.3, -0.25) is 4.79 Å². The lowest BCUT2D eigenvalue weighted by Gasteiger charge is -2.25. The molecule has 0 spiro atoms. The lowest BCUT2D eigenvalue weighted by molar-refractivity contribution is -0.131. The summed E-state index contributed by atoms with van der Waals surface area (Å²) in [6.45, 7) is 5.62. The van der Waals surface area contributed by atoms with Crippen LogP contribution < -0.4 is 5.73 Å². The molecule has 0 atom stereocenters. The van der Waals surface area contributed by atoms with Gasteiger partial charge in [0.15, 0.2) is 0 Å². The topological polar surface area (TPSA) is 46.3 Å². The second-order valence-electron chi connectivity index (χ2n) is 6.05. The van der Waals surface area contributed by atoms with E-state index in [4.69, 9.17) is 18.0 Å². The Morgan fingerprint density at radius 2 is 2.15 bits per heavy atom. The molecule has 1 aliphatic carbocycles. The zero-order valence-electron chi connectivity index (χ0n) is 12.9. The molecule has 0 unspecified atom stereocenters. The average Bonchev–Trinajstić information content (AvgIpc) is 2.38. The van der Waals surface area contributed by atoms with Crippen molar-refractivity contribution in [2.75, 3.05) is 13.1 Å². The van der Waals surface area contributed by atoms with Crippen molar-refractivity contribution in [2.24, 2.45) is 11.7 Å². The van der Waals surface area contributed by atoms with E-state index in [9.17, 15) is 4.79 Å². The summed E-state index contributed by atoms with van der Waals surface area (Å²) in [7, 11) is 0. The first-order valence-electron chi connectivity index (χ1n) is 7.73. The highest BCUT2D eigenvalue weighted by Crippen LogP contribution is 2.20. The average molecular weight is 296 g/mol. The molecule has 114 valence electrons. The summed E-state index contributed by atoms with van der Waals surface area (Å²) in [4.78, 5) is 14.7. The molecule has 0 radical (unpaired) electrons. The Kier molecular flexibility index (Phi) is 7.82. The minimum Gasteiger partial charge on any atom is -0.393 e. The molecule has 0 aromatic rings. The molecular formula is C16H28N2OS. The third-order valence-corrected chi connectivity index (χ3v) is 3.86. The first-order valence-corrected chi connectivity index (χ1v) is 8.14. The summed E-state index contributed by atoms with van der Waals surface area (Å²) in [5.74, 6) is 0.622. The SMILES string of the molecule is CC(C)CC(=O)N(CCC(N)=S)CCC1=CCCCC1. The summed E-state index contributed by atoms with van der Waals surface area (Å²) in [6.07, 6.45) is 9.57. The Hall–Kier alpha value is -0.900. The third kappa shape index (κ3) is 7.04. The molecule has 0 aromatic carbocycles. The first kappa shape index (κ1) is 17.2. The summed E-state index contributed by atoms with van der Waals surface area (Å²) in [5, 5.41) is 0. The molecule has 1 aliphatic rings. The maximum absolute atomic E-state index is 12.3. The number of carbonyl (C=O) groups is 1. The van der Waals surface area contributed by atoms with Gasteiger partial charge in [-0.05, 0) is 38.0 Å². The number of nitrogens with zero attached hydrogens (tertiary/aromatic N) is 1. The van der Waals surface area contributed by atoms with Crippen LogP contribution in [-0.2, 0) is 4.79 Å². The van der Waals surface area contributed by atoms with Crippen molar-refractivity contribution in [1.82, 2.24) is 4.90 Å². The standard InChI is InChI=1S/C16H28N2OS/c1-13(2)12-16(19)18(11-9-15(17)20)10-8-14-6-4-3-5-7-14/h6,13H,3-5,7-12H2,1-2H3,(H2,17,20). The number of allylic oxidation sites excluding steroid dienone is 1. The van der Waals surface area contributed by atoms with Crippen LogP contribution in [0.1, 0.15) is 58.8 Å². The number of hydrogen-bond acceptors (Lipinski definition) is 2. The number of hydrogen-bond donors (Lipinski definition) is 1. The van der Waals surface area contributed by atoms with Crippen LogP contribution in [0.15, 0.2) is 11.6 Å². The van der Waals surface area contributed by atoms with Gasteiger partial charge >= 0.3 is 0 Å². The van der Waals surface area contributed by atoms with E-state index in [0.29, 0.717) is 30.3 Å². The van der Waals surface area contributed by atoms with Crippen LogP contribution in [0.2, 0.25) is 0 Å². The van der Waals surface area contributed by atoms with Crippen molar-refractivity contribution in [3.05, 3.63) is 11.6 Å². The van der Waals surface area contributed by atoms with Gasteiger partial charge in [-0.2, -0.15) is 0 Å². The van der Waals surface area contributed by atoms with Gasteiger partial charge in [-0.25, -0.2) is 0 Å². The second-order valence-corrected chi connectivity index (χ2v) is 6.58. The zero-order valence-corrected chi connectivity index (χ0v) is 13.7. The summed E-state index contributed by atoms with van der Waals surface area (Å²) in [5.41, 5.74) is 7.07. The van der Waals surface area contributed by atoms with Crippen LogP contribution in [0.4, 0.5) is 0 Å². The predicted octanol–water partition coefficient (Wildman–Crippen LogP) is 3.43. The van der Waals surface area contributed by atoms with E-state index < -0.39 is 0 Å². The Bertz CT molecular complexity index is 363. The largest absolute Gasteiger partial charge is 0.393 e. The molecule has 3 nitrogen and oxygen atoms in total. The van der Waals surface area contributed by atoms with E-state index in [2.05, 4.69) is 19.9 Å². The smallest absolute Gasteiger partial charge is 0.222 e. The van der Waals surface area contributed by atoms with E-state index in [1.807, 2.05) is 4.90 Å². The van der Waals surface area contributed by atoms with Crippen molar-refractivity contribution in [2.45, 2.75) is 58.8 Å². The van der Waals surface area contributed by atoms with Crippen LogP contribution in [0, 0.1) is 5.92 Å². The lowest BCUT2D eigenvalue weighted by atomic mass is 9.97. The molecule has 2 N–H and O–H groups in total. The number of nitrogens with two attached hydrogens (primary N) is 1. The molecule has 0 fully saturated rings. The Balaban J connectivity index is 2.49. The zero-order chi connectivity index (χ0) is 15.0. The summed E-state index contributed by atoms with van der Waals surface area (Å²) < 4.78 is 0. The third-order valence-electron chi connectivity index (χ3n) is 3.65. The van der Waals surface area contributed by atoms with Crippen molar-refractivity contribution >= 4 is 23.1 Å². The van der Waals surface area contributed by atoms with Crippen molar-refractivity contribution in [3.63, 3.8) is 0 Å². The van der Waals surface area contributed by atoms with Crippen LogP contribution in [0.5, 0.6) is 0 Å². The van der Waals surface area contributed by atoms with Crippen LogP contribution >= 0.6 is 12.2 Å². The minimum atomic E-state index is 0.229. The van der Waals surface area contributed by atoms with E-state index in [1.165, 1.54) is 31.3 Å². The number of carbonyl (C=O) groups excluding carboxylic acids is 1. The van der Waals surface area contributed by atoms with Crippen LogP contribution in [0.25, 0.3) is 0 Å². The Morgan fingerprint density at radius 1 is 1.40 bits per heavy atom. The molecular weight excluding hydrogens is 268 g/mol. The van der Waals surface area contributed by atoms with E-state index in [-0.39, 0.29) is 5.91 Å². The van der Waals surface area contributed by atoms with Gasteiger partial charge in [0.05, 0.1) is 4.99 Å². The number of amides is 1. The van der Waals surface area contributed by atoms with Gasteiger partial charge in [0.25, 0.3) is 0 Å². The summed E-state index contributed by atoms with van der Waals surface area (Å²) in [6, 6.07) is 0. The van der Waals surface area contributed by atoms with Gasteiger partial charge in [-0.1, -0.05) is 37.7 Å². The molecule has 0 bridgehead atoms. The highest BCUT2D eigenvalue weighted by Gasteiger charge is 2.16. The van der Waals surface area contributed by atoms with Gasteiger partial charge in [-0.15, -0.1) is 0 Å². The Labute approximate surface area is 128 Å². The van der Waals surface area contributed by atoms with E-state index in [1.54, 1.807) is 0 Å². The fourth-order valence-electron chi connectivity index (χ4n) is 2.49. The number of thiocarbonyl (C=S) groups is 1. The molecule has 1 rings (SSSR count). The monoisotopic (exact) mass is 296 g/mol. The van der Waals surface area contributed by atoms with Crippen molar-refractivity contribution in [1.29, 1.82) is 0 Å². The predicted molar refractivity (Wildman–Crippen MR) is 88.6 cm³/mol. The fraction of sp³-hybridized carbons (Fsp3) is 0.750. The molecule has 0 saturated carbocycles. The minimum absolute atomic E-state index is 0.229. The first-order chi connectivity index (χ1) is 9.49. The van der Waals surface area contributed by atoms with Gasteiger partial charge in [0, 0.05) is 25.9 Å². The normalized spacial score (nSPS) is 15.1. The molecule has 0 heterocycles. The second kappa shape index (κ2) is 9.11. The van der Waals surface area contributed by atoms with Crippen LogP contribution in [-0.4, -0.2) is 28.9 Å². The van der Waals surface area contributed by atoms with Crippen LogP contribution in [0.3, 0.4) is 0 Å². The summed E-state index contributed by atoms with van der Waals surface area (Å²) >= 11 is 4.93.